The van der Waals surface area contributed by atoms with Gasteiger partial charge in [0.2, 0.25) is 15.9 Å². The number of amides is 2. The maximum atomic E-state index is 13.1. The number of benzene rings is 2. The highest BCUT2D eigenvalue weighted by molar-refractivity contribution is 7.89. The molecule has 2 N–H and O–H groups in total. The lowest BCUT2D eigenvalue weighted by Gasteiger charge is -2.27. The number of carbonyl (C=O) groups is 2. The molecule has 0 aliphatic carbocycles. The van der Waals surface area contributed by atoms with Crippen molar-refractivity contribution in [2.24, 2.45) is 0 Å². The van der Waals surface area contributed by atoms with Gasteiger partial charge in [0.25, 0.3) is 5.91 Å². The Morgan fingerprint density at radius 3 is 2.59 bits per heavy atom. The summed E-state index contributed by atoms with van der Waals surface area (Å²) < 4.78 is 38.3. The van der Waals surface area contributed by atoms with Gasteiger partial charge in [0.15, 0.2) is 0 Å². The molecule has 2 amide bonds. The van der Waals surface area contributed by atoms with Crippen LogP contribution in [0.25, 0.3) is 0 Å². The Morgan fingerprint density at radius 2 is 1.91 bits per heavy atom. The average Bonchev–Trinajstić information content (AvgIpc) is 2.79. The number of hydrogen-bond acceptors (Lipinski definition) is 6. The first-order chi connectivity index (χ1) is 15.3. The number of nitrogens with one attached hydrogen (secondary N) is 2. The Bertz CT molecular complexity index is 1090. The van der Waals surface area contributed by atoms with Crippen molar-refractivity contribution in [1.29, 1.82) is 0 Å². The summed E-state index contributed by atoms with van der Waals surface area (Å²) in [7, 11) is -3.84. The third kappa shape index (κ3) is 5.98. The number of carbonyl (C=O) groups excluding carboxylic acids is 2. The number of nitrogens with zero attached hydrogens (tertiary/aromatic N) is 1. The topological polar surface area (TPSA) is 114 Å². The summed E-state index contributed by atoms with van der Waals surface area (Å²) >= 11 is 5.87. The lowest BCUT2D eigenvalue weighted by Crippen LogP contribution is -2.40. The highest BCUT2D eigenvalue weighted by atomic mass is 35.5. The van der Waals surface area contributed by atoms with Crippen LogP contribution in [0.2, 0.25) is 5.02 Å². The van der Waals surface area contributed by atoms with Crippen LogP contribution >= 0.6 is 11.6 Å². The average molecular weight is 482 g/mol. The molecular weight excluding hydrogens is 458 g/mol. The number of hydrogen-bond donors (Lipinski definition) is 2. The molecule has 0 unspecified atom stereocenters. The molecule has 1 fully saturated rings. The molecule has 3 rings (SSSR count). The van der Waals surface area contributed by atoms with Crippen molar-refractivity contribution in [3.05, 3.63) is 53.1 Å². The highest BCUT2D eigenvalue weighted by Gasteiger charge is 2.29. The molecule has 0 atom stereocenters. The van der Waals surface area contributed by atoms with E-state index in [-0.39, 0.29) is 42.6 Å². The van der Waals surface area contributed by atoms with E-state index in [1.807, 2.05) is 0 Å². The van der Waals surface area contributed by atoms with Gasteiger partial charge in [-0.25, -0.2) is 8.42 Å². The minimum absolute atomic E-state index is 0.0398. The van der Waals surface area contributed by atoms with Gasteiger partial charge in [-0.05, 0) is 43.3 Å². The fourth-order valence-corrected chi connectivity index (χ4v) is 4.84. The third-order valence-electron chi connectivity index (χ3n) is 4.61. The van der Waals surface area contributed by atoms with Crippen LogP contribution in [0.5, 0.6) is 5.75 Å². The molecule has 1 saturated heterocycles. The molecule has 1 aliphatic heterocycles. The van der Waals surface area contributed by atoms with E-state index in [4.69, 9.17) is 21.1 Å². The molecule has 0 radical (unpaired) electrons. The molecule has 2 aromatic carbocycles. The maximum Gasteiger partial charge on any atom is 0.251 e. The van der Waals surface area contributed by atoms with Crippen molar-refractivity contribution < 1.29 is 27.5 Å². The first kappa shape index (κ1) is 24.0. The number of anilines is 1. The summed E-state index contributed by atoms with van der Waals surface area (Å²) in [5, 5.41) is 5.51. The number of ether oxygens (including phenoxy) is 2. The van der Waals surface area contributed by atoms with Crippen LogP contribution in [0, 0.1) is 0 Å². The molecular formula is C21H24ClN3O6S. The minimum Gasteiger partial charge on any atom is -0.492 e. The summed E-state index contributed by atoms with van der Waals surface area (Å²) in [5.74, 6) is -0.768. The normalized spacial score (nSPS) is 14.6. The number of rotatable bonds is 8. The molecule has 172 valence electrons. The molecule has 0 saturated carbocycles. The van der Waals surface area contributed by atoms with E-state index in [1.165, 1.54) is 22.5 Å². The van der Waals surface area contributed by atoms with Gasteiger partial charge in [0, 0.05) is 29.4 Å². The van der Waals surface area contributed by atoms with E-state index in [1.54, 1.807) is 31.2 Å². The van der Waals surface area contributed by atoms with Crippen LogP contribution < -0.4 is 15.4 Å². The maximum absolute atomic E-state index is 13.1. The molecule has 0 bridgehead atoms. The number of morpholine rings is 1. The lowest BCUT2D eigenvalue weighted by atomic mass is 10.2. The fraction of sp³-hybridized carbons (Fsp3) is 0.333. The summed E-state index contributed by atoms with van der Waals surface area (Å²) in [6.07, 6.45) is 0. The van der Waals surface area contributed by atoms with Crippen molar-refractivity contribution in [2.75, 3.05) is 44.8 Å². The van der Waals surface area contributed by atoms with E-state index in [0.29, 0.717) is 23.8 Å². The van der Waals surface area contributed by atoms with Gasteiger partial charge in [-0.15, -0.1) is 0 Å². The summed E-state index contributed by atoms with van der Waals surface area (Å²) in [5.41, 5.74) is 0.590. The summed E-state index contributed by atoms with van der Waals surface area (Å²) in [6.45, 7) is 2.83. The van der Waals surface area contributed by atoms with Crippen molar-refractivity contribution in [2.45, 2.75) is 11.8 Å². The van der Waals surface area contributed by atoms with Crippen LogP contribution in [0.15, 0.2) is 47.4 Å². The highest BCUT2D eigenvalue weighted by Crippen LogP contribution is 2.30. The monoisotopic (exact) mass is 481 g/mol. The van der Waals surface area contributed by atoms with Crippen LogP contribution in [0.4, 0.5) is 5.69 Å². The van der Waals surface area contributed by atoms with Crippen LogP contribution in [0.1, 0.15) is 17.3 Å². The molecule has 2 aromatic rings. The minimum atomic E-state index is -3.84. The predicted octanol–water partition coefficient (Wildman–Crippen LogP) is 2.13. The van der Waals surface area contributed by atoms with Crippen molar-refractivity contribution in [3.8, 4) is 5.75 Å². The molecule has 11 heteroatoms. The largest absolute Gasteiger partial charge is 0.492 e. The van der Waals surface area contributed by atoms with E-state index in [9.17, 15) is 18.0 Å². The molecule has 1 heterocycles. The van der Waals surface area contributed by atoms with Gasteiger partial charge in [-0.2, -0.15) is 4.31 Å². The first-order valence-electron chi connectivity index (χ1n) is 9.99. The standard InChI is InChI=1S/C21H24ClN3O6S/c1-2-31-18-7-6-17(13-19(18)32(28,29)25-8-10-30-11-9-25)24-20(26)14-23-21(27)15-4-3-5-16(22)12-15/h3-7,12-13H,2,8-11,14H2,1H3,(H,23,27)(H,24,26). The second-order valence-electron chi connectivity index (χ2n) is 6.85. The Labute approximate surface area is 191 Å². The Morgan fingerprint density at radius 1 is 1.16 bits per heavy atom. The van der Waals surface area contributed by atoms with Gasteiger partial charge < -0.3 is 20.1 Å². The van der Waals surface area contributed by atoms with Crippen molar-refractivity contribution in [1.82, 2.24) is 9.62 Å². The second kappa shape index (κ2) is 10.8. The Kier molecular flexibility index (Phi) is 8.08. The SMILES string of the molecule is CCOc1ccc(NC(=O)CNC(=O)c2cccc(Cl)c2)cc1S(=O)(=O)N1CCOCC1. The fourth-order valence-electron chi connectivity index (χ4n) is 3.09. The van der Waals surface area contributed by atoms with Crippen molar-refractivity contribution >= 4 is 39.1 Å². The quantitative estimate of drug-likeness (QED) is 0.597. The van der Waals surface area contributed by atoms with Crippen LogP contribution in [0.3, 0.4) is 0 Å². The molecule has 32 heavy (non-hydrogen) atoms. The van der Waals surface area contributed by atoms with Crippen LogP contribution in [-0.2, 0) is 19.6 Å². The number of halogens is 1. The van der Waals surface area contributed by atoms with Crippen LogP contribution in [-0.4, -0.2) is 64.0 Å². The summed E-state index contributed by atoms with van der Waals surface area (Å²) in [6, 6.07) is 10.7. The first-order valence-corrected chi connectivity index (χ1v) is 11.8. The zero-order chi connectivity index (χ0) is 23.1. The predicted molar refractivity (Wildman–Crippen MR) is 120 cm³/mol. The lowest BCUT2D eigenvalue weighted by molar-refractivity contribution is -0.115. The van der Waals surface area contributed by atoms with Crippen molar-refractivity contribution in [3.63, 3.8) is 0 Å². The third-order valence-corrected chi connectivity index (χ3v) is 6.77. The van der Waals surface area contributed by atoms with E-state index < -0.39 is 21.8 Å². The molecule has 9 nitrogen and oxygen atoms in total. The molecule has 0 aromatic heterocycles. The second-order valence-corrected chi connectivity index (χ2v) is 9.19. The van der Waals surface area contributed by atoms with E-state index >= 15 is 0 Å². The van der Waals surface area contributed by atoms with Gasteiger partial charge in [-0.3, -0.25) is 9.59 Å². The summed E-state index contributed by atoms with van der Waals surface area (Å²) in [4.78, 5) is 24.5. The molecule has 1 aliphatic rings. The van der Waals surface area contributed by atoms with Gasteiger partial charge >= 0.3 is 0 Å². The zero-order valence-electron chi connectivity index (χ0n) is 17.5. The van der Waals surface area contributed by atoms with Gasteiger partial charge in [0.1, 0.15) is 10.6 Å². The van der Waals surface area contributed by atoms with Gasteiger partial charge in [-0.1, -0.05) is 17.7 Å². The van der Waals surface area contributed by atoms with E-state index in [0.717, 1.165) is 0 Å². The smallest absolute Gasteiger partial charge is 0.251 e. The molecule has 0 spiro atoms. The van der Waals surface area contributed by atoms with Gasteiger partial charge in [0.05, 0.1) is 26.4 Å². The zero-order valence-corrected chi connectivity index (χ0v) is 19.0. The van der Waals surface area contributed by atoms with E-state index in [2.05, 4.69) is 10.6 Å². The Hall–Kier alpha value is -2.66. The Balaban J connectivity index is 1.71. The number of sulfonamides is 1.